The summed E-state index contributed by atoms with van der Waals surface area (Å²) in [5.41, 5.74) is 1.51. The lowest BCUT2D eigenvalue weighted by Crippen LogP contribution is -2.57. The van der Waals surface area contributed by atoms with Gasteiger partial charge in [0.25, 0.3) is 5.91 Å². The Kier molecular flexibility index (Phi) is 12.0. The first kappa shape index (κ1) is 32.7. The Bertz CT molecular complexity index is 1260. The van der Waals surface area contributed by atoms with Crippen LogP contribution in [0, 0.1) is 19.8 Å². The molecule has 1 saturated heterocycles. The standard InChI is InChI=1S/C30H42N6O5S/c1-18(2)25-29(40)31-14-10-16-36(30(41)26-19(3)32-21(5)42-26)15-9-13-24(37)34-23(17-22-11-7-6-8-12-22)28(39)33-20(4)27(38)35-25/h6-8,11-12,18,20,23,25H,9-10,13-17H2,1-5H3,(H,31,40)(H,33,39)(H,34,37)(H,35,38)/t20-,23+,25-/m1/s1. The van der Waals surface area contributed by atoms with E-state index in [1.165, 1.54) is 11.3 Å². The van der Waals surface area contributed by atoms with Crippen LogP contribution in [0.4, 0.5) is 0 Å². The first-order chi connectivity index (χ1) is 20.0. The first-order valence-corrected chi connectivity index (χ1v) is 15.2. The third-order valence-corrected chi connectivity index (χ3v) is 8.12. The van der Waals surface area contributed by atoms with Crippen LogP contribution in [0.3, 0.4) is 0 Å². The Hall–Kier alpha value is -3.80. The van der Waals surface area contributed by atoms with Gasteiger partial charge in [0, 0.05) is 32.5 Å². The van der Waals surface area contributed by atoms with Gasteiger partial charge in [0.1, 0.15) is 23.0 Å². The van der Waals surface area contributed by atoms with Crippen molar-refractivity contribution < 1.29 is 24.0 Å². The number of hydrogen-bond acceptors (Lipinski definition) is 7. The SMILES string of the molecule is Cc1nc(C)c(C(=O)N2CCCNC(=O)[C@@H](C(C)C)NC(=O)[C@@H](C)NC(=O)[C@H](Cc3ccccc3)NC(=O)CCC2)s1. The van der Waals surface area contributed by atoms with Crippen LogP contribution in [-0.2, 0) is 25.6 Å². The second-order valence-corrected chi connectivity index (χ2v) is 12.2. The van der Waals surface area contributed by atoms with Crippen molar-refractivity contribution in [1.82, 2.24) is 31.2 Å². The van der Waals surface area contributed by atoms with Crippen LogP contribution in [0.25, 0.3) is 0 Å². The molecule has 2 aromatic rings. The number of rotatable bonds is 4. The average molecular weight is 599 g/mol. The molecule has 1 aromatic carbocycles. The van der Waals surface area contributed by atoms with E-state index in [1.54, 1.807) is 18.7 Å². The molecule has 0 saturated carbocycles. The molecule has 12 heteroatoms. The highest BCUT2D eigenvalue weighted by atomic mass is 32.1. The summed E-state index contributed by atoms with van der Waals surface area (Å²) in [6.45, 7) is 9.83. The fourth-order valence-electron chi connectivity index (χ4n) is 4.73. The summed E-state index contributed by atoms with van der Waals surface area (Å²) in [6.07, 6.45) is 1.21. The van der Waals surface area contributed by atoms with Gasteiger partial charge < -0.3 is 26.2 Å². The van der Waals surface area contributed by atoms with E-state index < -0.39 is 29.9 Å². The fourth-order valence-corrected chi connectivity index (χ4v) is 5.62. The molecule has 4 N–H and O–H groups in total. The van der Waals surface area contributed by atoms with E-state index in [9.17, 15) is 24.0 Å². The number of aromatic nitrogens is 1. The molecule has 0 bridgehead atoms. The summed E-state index contributed by atoms with van der Waals surface area (Å²) in [5, 5.41) is 11.9. The average Bonchev–Trinajstić information content (AvgIpc) is 3.29. The highest BCUT2D eigenvalue weighted by molar-refractivity contribution is 7.13. The molecule has 2 heterocycles. The van der Waals surface area contributed by atoms with Crippen LogP contribution < -0.4 is 21.3 Å². The van der Waals surface area contributed by atoms with E-state index in [2.05, 4.69) is 26.3 Å². The predicted molar refractivity (Wildman–Crippen MR) is 161 cm³/mol. The molecule has 0 unspecified atom stereocenters. The number of carbonyl (C=O) groups is 5. The molecule has 3 rings (SSSR count). The summed E-state index contributed by atoms with van der Waals surface area (Å²) < 4.78 is 0. The van der Waals surface area contributed by atoms with Crippen LogP contribution >= 0.6 is 11.3 Å². The first-order valence-electron chi connectivity index (χ1n) is 14.4. The molecule has 228 valence electrons. The topological polar surface area (TPSA) is 150 Å². The molecule has 0 radical (unpaired) electrons. The highest BCUT2D eigenvalue weighted by Gasteiger charge is 2.29. The van der Waals surface area contributed by atoms with E-state index in [-0.39, 0.29) is 36.5 Å². The Morgan fingerprint density at radius 2 is 1.67 bits per heavy atom. The molecule has 0 aliphatic carbocycles. The highest BCUT2D eigenvalue weighted by Crippen LogP contribution is 2.20. The van der Waals surface area contributed by atoms with Crippen molar-refractivity contribution in [2.75, 3.05) is 19.6 Å². The molecular weight excluding hydrogens is 556 g/mol. The van der Waals surface area contributed by atoms with Crippen molar-refractivity contribution >= 4 is 40.9 Å². The second-order valence-electron chi connectivity index (χ2n) is 11.0. The molecule has 42 heavy (non-hydrogen) atoms. The minimum atomic E-state index is -0.931. The van der Waals surface area contributed by atoms with Crippen molar-refractivity contribution in [3.05, 3.63) is 51.5 Å². The van der Waals surface area contributed by atoms with Gasteiger partial charge in [-0.2, -0.15) is 0 Å². The minimum absolute atomic E-state index is 0.103. The summed E-state index contributed by atoms with van der Waals surface area (Å²) in [6, 6.07) is 6.62. The Labute approximate surface area is 251 Å². The lowest BCUT2D eigenvalue weighted by Gasteiger charge is -2.26. The summed E-state index contributed by atoms with van der Waals surface area (Å²) >= 11 is 1.33. The van der Waals surface area contributed by atoms with Crippen LogP contribution in [0.1, 0.15) is 66.0 Å². The number of thiazole rings is 1. The van der Waals surface area contributed by atoms with Gasteiger partial charge in [0.2, 0.25) is 23.6 Å². The quantitative estimate of drug-likeness (QED) is 0.422. The van der Waals surface area contributed by atoms with E-state index in [0.717, 1.165) is 10.6 Å². The van der Waals surface area contributed by atoms with Gasteiger partial charge in [-0.25, -0.2) is 4.98 Å². The van der Waals surface area contributed by atoms with Crippen molar-refractivity contribution in [2.45, 2.75) is 78.4 Å². The van der Waals surface area contributed by atoms with Gasteiger partial charge in [0.05, 0.1) is 10.7 Å². The Morgan fingerprint density at radius 1 is 0.976 bits per heavy atom. The second kappa shape index (κ2) is 15.4. The number of hydrogen-bond donors (Lipinski definition) is 4. The molecule has 1 aliphatic heterocycles. The molecule has 5 amide bonds. The smallest absolute Gasteiger partial charge is 0.265 e. The zero-order valence-electron chi connectivity index (χ0n) is 25.0. The van der Waals surface area contributed by atoms with Gasteiger partial charge in [-0.1, -0.05) is 44.2 Å². The Balaban J connectivity index is 1.83. The molecule has 11 nitrogen and oxygen atoms in total. The molecule has 3 atom stereocenters. The maximum atomic E-state index is 13.4. The number of benzene rings is 1. The maximum absolute atomic E-state index is 13.4. The van der Waals surface area contributed by atoms with Crippen LogP contribution in [0.2, 0.25) is 0 Å². The van der Waals surface area contributed by atoms with E-state index in [0.29, 0.717) is 43.0 Å². The van der Waals surface area contributed by atoms with Gasteiger partial charge in [-0.3, -0.25) is 24.0 Å². The van der Waals surface area contributed by atoms with Crippen LogP contribution in [0.5, 0.6) is 0 Å². The monoisotopic (exact) mass is 598 g/mol. The maximum Gasteiger partial charge on any atom is 0.265 e. The molecule has 1 aliphatic rings. The summed E-state index contributed by atoms with van der Waals surface area (Å²) in [4.78, 5) is 72.3. The van der Waals surface area contributed by atoms with Gasteiger partial charge >= 0.3 is 0 Å². The number of amides is 5. The number of carbonyl (C=O) groups excluding carboxylic acids is 5. The van der Waals surface area contributed by atoms with Crippen LogP contribution in [0.15, 0.2) is 30.3 Å². The normalized spacial score (nSPS) is 22.0. The lowest BCUT2D eigenvalue weighted by atomic mass is 10.0. The van der Waals surface area contributed by atoms with E-state index in [1.807, 2.05) is 51.1 Å². The van der Waals surface area contributed by atoms with Crippen molar-refractivity contribution in [3.8, 4) is 0 Å². The largest absolute Gasteiger partial charge is 0.354 e. The fraction of sp³-hybridized carbons (Fsp3) is 0.533. The van der Waals surface area contributed by atoms with Crippen molar-refractivity contribution in [2.24, 2.45) is 5.92 Å². The number of aryl methyl sites for hydroxylation is 2. The summed E-state index contributed by atoms with van der Waals surface area (Å²) in [7, 11) is 0. The summed E-state index contributed by atoms with van der Waals surface area (Å²) in [5.74, 6) is -2.04. The van der Waals surface area contributed by atoms with Gasteiger partial charge in [-0.15, -0.1) is 11.3 Å². The van der Waals surface area contributed by atoms with E-state index >= 15 is 0 Å². The van der Waals surface area contributed by atoms with Crippen molar-refractivity contribution in [1.29, 1.82) is 0 Å². The predicted octanol–water partition coefficient (Wildman–Crippen LogP) is 1.88. The van der Waals surface area contributed by atoms with Gasteiger partial charge in [-0.05, 0) is 45.1 Å². The lowest BCUT2D eigenvalue weighted by molar-refractivity contribution is -0.134. The minimum Gasteiger partial charge on any atom is -0.354 e. The number of nitrogens with zero attached hydrogens (tertiary/aromatic N) is 2. The molecule has 0 spiro atoms. The zero-order chi connectivity index (χ0) is 30.8. The molecular formula is C30H42N6O5S. The van der Waals surface area contributed by atoms with E-state index in [4.69, 9.17) is 0 Å². The van der Waals surface area contributed by atoms with Gasteiger partial charge in [0.15, 0.2) is 0 Å². The number of nitrogens with one attached hydrogen (secondary N) is 4. The third-order valence-electron chi connectivity index (χ3n) is 7.05. The van der Waals surface area contributed by atoms with Crippen molar-refractivity contribution in [3.63, 3.8) is 0 Å². The molecule has 1 fully saturated rings. The molecule has 1 aromatic heterocycles. The third kappa shape index (κ3) is 9.37. The van der Waals surface area contributed by atoms with Crippen LogP contribution in [-0.4, -0.2) is 77.2 Å². The Morgan fingerprint density at radius 3 is 2.31 bits per heavy atom. The zero-order valence-corrected chi connectivity index (χ0v) is 25.8.